The monoisotopic (exact) mass is 239 g/mol. The van der Waals surface area contributed by atoms with Gasteiger partial charge in [-0.05, 0) is 37.6 Å². The summed E-state index contributed by atoms with van der Waals surface area (Å²) in [4.78, 5) is 11.9. The topological polar surface area (TPSA) is 52.3 Å². The van der Waals surface area contributed by atoms with Gasteiger partial charge in [0, 0.05) is 6.42 Å². The van der Waals surface area contributed by atoms with Crippen molar-refractivity contribution in [1.29, 1.82) is 0 Å². The van der Waals surface area contributed by atoms with Crippen LogP contribution in [0.5, 0.6) is 5.75 Å². The minimum absolute atomic E-state index is 0.0848. The summed E-state index contributed by atoms with van der Waals surface area (Å²) in [6.07, 6.45) is 3.00. The molecule has 2 N–H and O–H groups in total. The fourth-order valence-electron chi connectivity index (χ4n) is 1.64. The summed E-state index contributed by atoms with van der Waals surface area (Å²) < 4.78 is 18.1. The molecular formula is C13H18FNO2. The Morgan fingerprint density at radius 3 is 2.76 bits per heavy atom. The normalized spacial score (nSPS) is 10.3. The molecule has 0 radical (unpaired) electrons. The number of hydrogen-bond acceptors (Lipinski definition) is 3. The van der Waals surface area contributed by atoms with Crippen LogP contribution in [0, 0.1) is 5.82 Å². The van der Waals surface area contributed by atoms with E-state index in [9.17, 15) is 9.18 Å². The minimum atomic E-state index is -0.420. The fraction of sp³-hybridized carbons (Fsp3) is 0.462. The van der Waals surface area contributed by atoms with Crippen molar-refractivity contribution in [3.8, 4) is 5.75 Å². The molecule has 0 atom stereocenters. The molecule has 0 bridgehead atoms. The Labute approximate surface area is 101 Å². The zero-order valence-electron chi connectivity index (χ0n) is 10.0. The number of Topliss-reactive ketones (excluding diaryl/α,β-unsaturated/α-hetero) is 1. The van der Waals surface area contributed by atoms with Crippen LogP contribution in [0.2, 0.25) is 0 Å². The molecule has 94 valence electrons. The molecule has 0 saturated carbocycles. The number of rotatable bonds is 7. The first-order valence-electron chi connectivity index (χ1n) is 5.76. The molecule has 1 aromatic rings. The Hall–Kier alpha value is -1.42. The molecule has 0 aromatic heterocycles. The lowest BCUT2D eigenvalue weighted by atomic mass is 10.0. The number of unbranched alkanes of at least 4 members (excludes halogenated alkanes) is 2. The number of carbonyl (C=O) groups excluding carboxylic acids is 1. The van der Waals surface area contributed by atoms with Gasteiger partial charge in [-0.2, -0.15) is 0 Å². The smallest absolute Gasteiger partial charge is 0.166 e. The Balaban J connectivity index is 2.64. The third-order valence-corrected chi connectivity index (χ3v) is 2.57. The van der Waals surface area contributed by atoms with Crippen molar-refractivity contribution in [1.82, 2.24) is 0 Å². The van der Waals surface area contributed by atoms with Crippen LogP contribution >= 0.6 is 0 Å². The lowest BCUT2D eigenvalue weighted by Gasteiger charge is -2.07. The van der Waals surface area contributed by atoms with Crippen LogP contribution in [-0.2, 0) is 0 Å². The number of benzene rings is 1. The standard InChI is InChI=1S/C13H18FNO2/c1-17-13-7-6-10(14)9-11(13)12(16)5-3-2-4-8-15/h6-7,9H,2-5,8,15H2,1H3. The summed E-state index contributed by atoms with van der Waals surface area (Å²) in [6, 6.07) is 3.98. The zero-order valence-corrected chi connectivity index (χ0v) is 10.0. The Bertz CT molecular complexity index is 380. The summed E-state index contributed by atoms with van der Waals surface area (Å²) in [5, 5.41) is 0. The molecular weight excluding hydrogens is 221 g/mol. The molecule has 0 unspecified atom stereocenters. The average molecular weight is 239 g/mol. The van der Waals surface area contributed by atoms with Crippen molar-refractivity contribution in [3.05, 3.63) is 29.6 Å². The van der Waals surface area contributed by atoms with Gasteiger partial charge < -0.3 is 10.5 Å². The molecule has 0 aliphatic heterocycles. The Morgan fingerprint density at radius 2 is 2.12 bits per heavy atom. The maximum Gasteiger partial charge on any atom is 0.166 e. The highest BCUT2D eigenvalue weighted by Crippen LogP contribution is 2.21. The molecule has 0 fully saturated rings. The van der Waals surface area contributed by atoms with Crippen molar-refractivity contribution >= 4 is 5.78 Å². The lowest BCUT2D eigenvalue weighted by molar-refractivity contribution is 0.0976. The summed E-state index contributed by atoms with van der Waals surface area (Å²) >= 11 is 0. The van der Waals surface area contributed by atoms with Gasteiger partial charge in [0.05, 0.1) is 12.7 Å². The summed E-state index contributed by atoms with van der Waals surface area (Å²) in [5.74, 6) is -0.0790. The van der Waals surface area contributed by atoms with Crippen LogP contribution in [-0.4, -0.2) is 19.4 Å². The van der Waals surface area contributed by atoms with E-state index in [2.05, 4.69) is 0 Å². The number of carbonyl (C=O) groups is 1. The van der Waals surface area contributed by atoms with Crippen LogP contribution in [0.3, 0.4) is 0 Å². The zero-order chi connectivity index (χ0) is 12.7. The molecule has 1 rings (SSSR count). The molecule has 0 heterocycles. The first-order chi connectivity index (χ1) is 8.19. The van der Waals surface area contributed by atoms with E-state index in [-0.39, 0.29) is 5.78 Å². The van der Waals surface area contributed by atoms with Crippen LogP contribution in [0.1, 0.15) is 36.0 Å². The largest absolute Gasteiger partial charge is 0.496 e. The number of ketones is 1. The summed E-state index contributed by atoms with van der Waals surface area (Å²) in [6.45, 7) is 0.636. The van der Waals surface area contributed by atoms with Gasteiger partial charge in [-0.3, -0.25) is 4.79 Å². The van der Waals surface area contributed by atoms with E-state index in [0.29, 0.717) is 24.3 Å². The molecule has 0 amide bonds. The van der Waals surface area contributed by atoms with Gasteiger partial charge in [0.2, 0.25) is 0 Å². The second-order valence-electron chi connectivity index (χ2n) is 3.87. The third-order valence-electron chi connectivity index (χ3n) is 2.57. The molecule has 0 aliphatic carbocycles. The van der Waals surface area contributed by atoms with Gasteiger partial charge in [0.1, 0.15) is 11.6 Å². The van der Waals surface area contributed by atoms with Gasteiger partial charge in [0.25, 0.3) is 0 Å². The highest BCUT2D eigenvalue weighted by atomic mass is 19.1. The second kappa shape index (κ2) is 7.01. The fourth-order valence-corrected chi connectivity index (χ4v) is 1.64. The number of methoxy groups -OCH3 is 1. The van der Waals surface area contributed by atoms with E-state index < -0.39 is 5.82 Å². The van der Waals surface area contributed by atoms with Gasteiger partial charge in [-0.1, -0.05) is 6.42 Å². The van der Waals surface area contributed by atoms with Gasteiger partial charge in [0.15, 0.2) is 5.78 Å². The summed E-state index contributed by atoms with van der Waals surface area (Å²) in [5.41, 5.74) is 5.69. The average Bonchev–Trinajstić information content (AvgIpc) is 2.34. The van der Waals surface area contributed by atoms with Crippen molar-refractivity contribution < 1.29 is 13.9 Å². The predicted molar refractivity (Wildman–Crippen MR) is 64.8 cm³/mol. The molecule has 4 heteroatoms. The van der Waals surface area contributed by atoms with Crippen molar-refractivity contribution in [2.75, 3.05) is 13.7 Å². The van der Waals surface area contributed by atoms with E-state index in [0.717, 1.165) is 19.3 Å². The third kappa shape index (κ3) is 4.15. The lowest BCUT2D eigenvalue weighted by Crippen LogP contribution is -2.04. The van der Waals surface area contributed by atoms with E-state index in [1.165, 1.54) is 25.3 Å². The van der Waals surface area contributed by atoms with Crippen LogP contribution < -0.4 is 10.5 Å². The molecule has 1 aromatic carbocycles. The Morgan fingerprint density at radius 1 is 1.35 bits per heavy atom. The van der Waals surface area contributed by atoms with E-state index in [1.54, 1.807) is 0 Å². The molecule has 17 heavy (non-hydrogen) atoms. The maximum atomic E-state index is 13.1. The summed E-state index contributed by atoms with van der Waals surface area (Å²) in [7, 11) is 1.47. The van der Waals surface area contributed by atoms with Gasteiger partial charge in [-0.25, -0.2) is 4.39 Å². The second-order valence-corrected chi connectivity index (χ2v) is 3.87. The SMILES string of the molecule is COc1ccc(F)cc1C(=O)CCCCCN. The van der Waals surface area contributed by atoms with Crippen LogP contribution in [0.15, 0.2) is 18.2 Å². The molecule has 3 nitrogen and oxygen atoms in total. The van der Waals surface area contributed by atoms with Crippen LogP contribution in [0.25, 0.3) is 0 Å². The van der Waals surface area contributed by atoms with Crippen molar-refractivity contribution in [2.24, 2.45) is 5.73 Å². The van der Waals surface area contributed by atoms with E-state index >= 15 is 0 Å². The first-order valence-corrected chi connectivity index (χ1v) is 5.76. The quantitative estimate of drug-likeness (QED) is 0.587. The first kappa shape index (κ1) is 13.6. The highest BCUT2D eigenvalue weighted by molar-refractivity contribution is 5.98. The van der Waals surface area contributed by atoms with Crippen molar-refractivity contribution in [2.45, 2.75) is 25.7 Å². The molecule has 0 saturated heterocycles. The van der Waals surface area contributed by atoms with E-state index in [4.69, 9.17) is 10.5 Å². The number of hydrogen-bond donors (Lipinski definition) is 1. The molecule has 0 aliphatic rings. The number of nitrogens with two attached hydrogens (primary N) is 1. The van der Waals surface area contributed by atoms with Gasteiger partial charge in [-0.15, -0.1) is 0 Å². The minimum Gasteiger partial charge on any atom is -0.496 e. The van der Waals surface area contributed by atoms with E-state index in [1.807, 2.05) is 0 Å². The predicted octanol–water partition coefficient (Wildman–Crippen LogP) is 2.54. The number of ether oxygens (including phenoxy) is 1. The molecule has 0 spiro atoms. The van der Waals surface area contributed by atoms with Crippen molar-refractivity contribution in [3.63, 3.8) is 0 Å². The highest BCUT2D eigenvalue weighted by Gasteiger charge is 2.12. The van der Waals surface area contributed by atoms with Gasteiger partial charge >= 0.3 is 0 Å². The number of halogens is 1. The van der Waals surface area contributed by atoms with Crippen LogP contribution in [0.4, 0.5) is 4.39 Å². The maximum absolute atomic E-state index is 13.1. The Kier molecular flexibility index (Phi) is 5.63.